The molecule has 0 heterocycles. The largest absolute Gasteiger partial charge is 0.348 e. The monoisotopic (exact) mass is 426 g/mol. The van der Waals surface area contributed by atoms with Crippen LogP contribution in [0.4, 0.5) is 10.1 Å². The fraction of sp³-hybridized carbons (Fsp3) is 0.174. The summed E-state index contributed by atoms with van der Waals surface area (Å²) in [6, 6.07) is 20.4. The molecule has 5 nitrogen and oxygen atoms in total. The second kappa shape index (κ2) is 9.09. The van der Waals surface area contributed by atoms with Crippen molar-refractivity contribution in [3.05, 3.63) is 95.8 Å². The minimum Gasteiger partial charge on any atom is -0.348 e. The average Bonchev–Trinajstić information content (AvgIpc) is 2.73. The van der Waals surface area contributed by atoms with E-state index in [2.05, 4.69) is 5.32 Å². The van der Waals surface area contributed by atoms with Crippen LogP contribution in [0.2, 0.25) is 0 Å². The Morgan fingerprint density at radius 1 is 0.967 bits per heavy atom. The minimum absolute atomic E-state index is 0.104. The van der Waals surface area contributed by atoms with Crippen LogP contribution in [0.1, 0.15) is 24.1 Å². The number of nitrogens with zero attached hydrogens (tertiary/aromatic N) is 1. The van der Waals surface area contributed by atoms with E-state index in [1.165, 1.54) is 24.3 Å². The Balaban J connectivity index is 1.88. The maximum absolute atomic E-state index is 13.3. The van der Waals surface area contributed by atoms with E-state index in [1.807, 2.05) is 6.07 Å². The molecule has 30 heavy (non-hydrogen) atoms. The Morgan fingerprint density at radius 2 is 1.57 bits per heavy atom. The molecular formula is C23H23FN2O3S. The van der Waals surface area contributed by atoms with Gasteiger partial charge in [0.05, 0.1) is 16.6 Å². The smallest absolute Gasteiger partial charge is 0.264 e. The summed E-state index contributed by atoms with van der Waals surface area (Å²) >= 11 is 0. The van der Waals surface area contributed by atoms with E-state index >= 15 is 0 Å². The third-order valence-corrected chi connectivity index (χ3v) is 6.52. The second-order valence-electron chi connectivity index (χ2n) is 6.95. The van der Waals surface area contributed by atoms with Crippen molar-refractivity contribution in [2.24, 2.45) is 0 Å². The fourth-order valence-corrected chi connectivity index (χ4v) is 4.62. The first-order valence-electron chi connectivity index (χ1n) is 9.47. The predicted octanol–water partition coefficient (Wildman–Crippen LogP) is 4.21. The number of benzene rings is 3. The van der Waals surface area contributed by atoms with Gasteiger partial charge in [0, 0.05) is 0 Å². The van der Waals surface area contributed by atoms with Crippen molar-refractivity contribution in [3.63, 3.8) is 0 Å². The van der Waals surface area contributed by atoms with Crippen molar-refractivity contribution < 1.29 is 17.6 Å². The number of carbonyl (C=O) groups is 1. The predicted molar refractivity (Wildman–Crippen MR) is 115 cm³/mol. The van der Waals surface area contributed by atoms with Crippen molar-refractivity contribution in [3.8, 4) is 0 Å². The van der Waals surface area contributed by atoms with Gasteiger partial charge in [-0.25, -0.2) is 12.8 Å². The van der Waals surface area contributed by atoms with Crippen molar-refractivity contribution in [1.29, 1.82) is 0 Å². The summed E-state index contributed by atoms with van der Waals surface area (Å²) in [4.78, 5) is 12.9. The standard InChI is InChI=1S/C23H23FN2O3S/c1-17-8-6-7-11-22(17)26(30(28,29)21-9-4-3-5-10-21)16-23(27)25-18(2)19-12-14-20(24)15-13-19/h3-15,18H,16H2,1-2H3,(H,25,27)/t18-/m0/s1. The van der Waals surface area contributed by atoms with Gasteiger partial charge in [-0.05, 0) is 55.3 Å². The molecule has 0 fully saturated rings. The van der Waals surface area contributed by atoms with E-state index in [-0.39, 0.29) is 17.3 Å². The lowest BCUT2D eigenvalue weighted by Gasteiger charge is -2.26. The lowest BCUT2D eigenvalue weighted by molar-refractivity contribution is -0.120. The van der Waals surface area contributed by atoms with Gasteiger partial charge in [0.25, 0.3) is 10.0 Å². The molecule has 0 aliphatic heterocycles. The number of halogens is 1. The van der Waals surface area contributed by atoms with Gasteiger partial charge in [0.1, 0.15) is 12.4 Å². The van der Waals surface area contributed by atoms with Gasteiger partial charge in [-0.15, -0.1) is 0 Å². The lowest BCUT2D eigenvalue weighted by atomic mass is 10.1. The fourth-order valence-electron chi connectivity index (χ4n) is 3.11. The zero-order valence-electron chi connectivity index (χ0n) is 16.7. The highest BCUT2D eigenvalue weighted by Crippen LogP contribution is 2.26. The first-order valence-corrected chi connectivity index (χ1v) is 10.9. The first-order chi connectivity index (χ1) is 14.3. The third kappa shape index (κ3) is 4.86. The van der Waals surface area contributed by atoms with Crippen LogP contribution < -0.4 is 9.62 Å². The molecule has 3 rings (SSSR count). The van der Waals surface area contributed by atoms with Gasteiger partial charge in [-0.1, -0.05) is 48.5 Å². The second-order valence-corrected chi connectivity index (χ2v) is 8.81. The third-order valence-electron chi connectivity index (χ3n) is 4.75. The van der Waals surface area contributed by atoms with Gasteiger partial charge >= 0.3 is 0 Å². The molecule has 0 saturated heterocycles. The van der Waals surface area contributed by atoms with Gasteiger partial charge in [-0.2, -0.15) is 0 Å². The number of hydrogen-bond acceptors (Lipinski definition) is 3. The highest BCUT2D eigenvalue weighted by molar-refractivity contribution is 7.92. The zero-order chi connectivity index (χ0) is 21.7. The highest BCUT2D eigenvalue weighted by atomic mass is 32.2. The van der Waals surface area contributed by atoms with Crippen LogP contribution in [-0.2, 0) is 14.8 Å². The summed E-state index contributed by atoms with van der Waals surface area (Å²) in [7, 11) is -3.95. The zero-order valence-corrected chi connectivity index (χ0v) is 17.6. The van der Waals surface area contributed by atoms with Gasteiger partial charge in [0.15, 0.2) is 0 Å². The maximum Gasteiger partial charge on any atom is 0.264 e. The lowest BCUT2D eigenvalue weighted by Crippen LogP contribution is -2.41. The summed E-state index contributed by atoms with van der Waals surface area (Å²) in [6.45, 7) is 3.17. The van der Waals surface area contributed by atoms with E-state index in [0.29, 0.717) is 5.69 Å². The first kappa shape index (κ1) is 21.5. The summed E-state index contributed by atoms with van der Waals surface area (Å²) < 4.78 is 40.9. The van der Waals surface area contributed by atoms with Crippen molar-refractivity contribution >= 4 is 21.6 Å². The Kier molecular flexibility index (Phi) is 6.52. The van der Waals surface area contributed by atoms with Crippen LogP contribution in [0.25, 0.3) is 0 Å². The molecule has 3 aromatic rings. The van der Waals surface area contributed by atoms with Crippen LogP contribution in [0.3, 0.4) is 0 Å². The number of amides is 1. The summed E-state index contributed by atoms with van der Waals surface area (Å²) in [6.07, 6.45) is 0. The molecule has 0 bridgehead atoms. The Labute approximate surface area is 176 Å². The quantitative estimate of drug-likeness (QED) is 0.616. The van der Waals surface area contributed by atoms with Crippen LogP contribution in [0.15, 0.2) is 83.8 Å². The van der Waals surface area contributed by atoms with E-state index in [1.54, 1.807) is 62.4 Å². The minimum atomic E-state index is -3.95. The van der Waals surface area contributed by atoms with Crippen molar-refractivity contribution in [2.45, 2.75) is 24.8 Å². The number of aryl methyl sites for hydroxylation is 1. The summed E-state index contributed by atoms with van der Waals surface area (Å²) in [5, 5.41) is 2.79. The molecule has 1 atom stereocenters. The van der Waals surface area contributed by atoms with E-state index < -0.39 is 22.0 Å². The molecule has 156 valence electrons. The molecule has 7 heteroatoms. The van der Waals surface area contributed by atoms with Gasteiger partial charge < -0.3 is 5.32 Å². The number of sulfonamides is 1. The number of rotatable bonds is 7. The Bertz CT molecular complexity index is 1120. The van der Waals surface area contributed by atoms with Crippen LogP contribution >= 0.6 is 0 Å². The molecule has 0 spiro atoms. The molecule has 0 aliphatic carbocycles. The van der Waals surface area contributed by atoms with E-state index in [0.717, 1.165) is 15.4 Å². The number of nitrogens with one attached hydrogen (secondary N) is 1. The number of carbonyl (C=O) groups excluding carboxylic acids is 1. The molecule has 1 N–H and O–H groups in total. The van der Waals surface area contributed by atoms with Crippen molar-refractivity contribution in [1.82, 2.24) is 5.32 Å². The van der Waals surface area contributed by atoms with Crippen LogP contribution in [0, 0.1) is 12.7 Å². The highest BCUT2D eigenvalue weighted by Gasteiger charge is 2.28. The number of anilines is 1. The molecule has 0 aliphatic rings. The molecule has 0 saturated carbocycles. The molecule has 1 amide bonds. The van der Waals surface area contributed by atoms with Crippen molar-refractivity contribution in [2.75, 3.05) is 10.8 Å². The van der Waals surface area contributed by atoms with Crippen LogP contribution in [-0.4, -0.2) is 20.9 Å². The molecular weight excluding hydrogens is 403 g/mol. The van der Waals surface area contributed by atoms with E-state index in [4.69, 9.17) is 0 Å². The Hall–Kier alpha value is -3.19. The average molecular weight is 427 g/mol. The topological polar surface area (TPSA) is 66.5 Å². The molecule has 0 aromatic heterocycles. The summed E-state index contributed by atoms with van der Waals surface area (Å²) in [5.41, 5.74) is 1.89. The van der Waals surface area contributed by atoms with Gasteiger partial charge in [-0.3, -0.25) is 9.10 Å². The molecule has 3 aromatic carbocycles. The normalized spacial score (nSPS) is 12.2. The molecule has 0 unspecified atom stereocenters. The van der Waals surface area contributed by atoms with Gasteiger partial charge in [0.2, 0.25) is 5.91 Å². The molecule has 0 radical (unpaired) electrons. The Morgan fingerprint density at radius 3 is 2.20 bits per heavy atom. The van der Waals surface area contributed by atoms with Crippen LogP contribution in [0.5, 0.6) is 0 Å². The number of hydrogen-bond donors (Lipinski definition) is 1. The number of para-hydroxylation sites is 1. The van der Waals surface area contributed by atoms with E-state index in [9.17, 15) is 17.6 Å². The maximum atomic E-state index is 13.3. The summed E-state index contributed by atoms with van der Waals surface area (Å²) in [5.74, 6) is -0.827. The SMILES string of the molecule is Cc1ccccc1N(CC(=O)N[C@@H](C)c1ccc(F)cc1)S(=O)(=O)c1ccccc1.